The highest BCUT2D eigenvalue weighted by Gasteiger charge is 2.36. The molecule has 0 bridgehead atoms. The van der Waals surface area contributed by atoms with Gasteiger partial charge in [0, 0.05) is 18.0 Å². The van der Waals surface area contributed by atoms with Gasteiger partial charge < -0.3 is 10.6 Å². The van der Waals surface area contributed by atoms with E-state index in [1.165, 1.54) is 4.31 Å². The Labute approximate surface area is 140 Å². The third kappa shape index (κ3) is 2.44. The number of carbonyl (C=O) groups is 1. The third-order valence-electron chi connectivity index (χ3n) is 4.68. The average molecular weight is 345 g/mol. The minimum Gasteiger partial charge on any atom is -0.353 e. The van der Waals surface area contributed by atoms with Gasteiger partial charge in [-0.1, -0.05) is 24.3 Å². The standard InChI is InChI=1S/C17H19N3O3S/c21-16(19-10-13-6-3-9-18-13)11-20-14-7-1-4-12-5-2-8-15(17(12)14)24(20,22)23/h1-2,4-5,7-8,13,18H,3,6,9-11H2,(H,19,21). The van der Waals surface area contributed by atoms with Crippen molar-refractivity contribution >= 4 is 32.4 Å². The number of amides is 1. The minimum absolute atomic E-state index is 0.192. The molecule has 2 heterocycles. The summed E-state index contributed by atoms with van der Waals surface area (Å²) in [5, 5.41) is 7.71. The van der Waals surface area contributed by atoms with Crippen LogP contribution in [0.5, 0.6) is 0 Å². The summed E-state index contributed by atoms with van der Waals surface area (Å²) in [6.45, 7) is 1.31. The SMILES string of the molecule is O=C(CN1c2cccc3cccc(c23)S1(=O)=O)NCC1CCCN1. The zero-order valence-corrected chi connectivity index (χ0v) is 14.0. The molecule has 2 N–H and O–H groups in total. The molecule has 2 aliphatic heterocycles. The van der Waals surface area contributed by atoms with E-state index in [9.17, 15) is 13.2 Å². The van der Waals surface area contributed by atoms with Gasteiger partial charge in [-0.3, -0.25) is 9.10 Å². The number of nitrogens with zero attached hydrogens (tertiary/aromatic N) is 1. The maximum absolute atomic E-state index is 12.8. The predicted octanol–water partition coefficient (Wildman–Crippen LogP) is 1.22. The van der Waals surface area contributed by atoms with E-state index in [2.05, 4.69) is 10.6 Å². The van der Waals surface area contributed by atoms with Gasteiger partial charge >= 0.3 is 0 Å². The second-order valence-corrected chi connectivity index (χ2v) is 8.07. The molecule has 0 spiro atoms. The predicted molar refractivity (Wildman–Crippen MR) is 92.5 cm³/mol. The number of sulfonamides is 1. The molecule has 0 radical (unpaired) electrons. The summed E-state index contributed by atoms with van der Waals surface area (Å²) in [7, 11) is -3.67. The topological polar surface area (TPSA) is 78.5 Å². The first-order valence-electron chi connectivity index (χ1n) is 8.12. The number of hydrogen-bond acceptors (Lipinski definition) is 4. The van der Waals surface area contributed by atoms with E-state index in [4.69, 9.17) is 0 Å². The van der Waals surface area contributed by atoms with E-state index in [1.807, 2.05) is 18.2 Å². The smallest absolute Gasteiger partial charge is 0.265 e. The first-order valence-corrected chi connectivity index (χ1v) is 9.56. The maximum atomic E-state index is 12.8. The van der Waals surface area contributed by atoms with Crippen molar-refractivity contribution in [3.05, 3.63) is 36.4 Å². The lowest BCUT2D eigenvalue weighted by Crippen LogP contribution is -2.43. The molecule has 1 atom stereocenters. The molecular formula is C17H19N3O3S. The lowest BCUT2D eigenvalue weighted by molar-refractivity contribution is -0.119. The Kier molecular flexibility index (Phi) is 3.69. The molecule has 4 rings (SSSR count). The molecule has 7 heteroatoms. The van der Waals surface area contributed by atoms with Gasteiger partial charge in [-0.25, -0.2) is 8.42 Å². The zero-order valence-electron chi connectivity index (χ0n) is 13.2. The van der Waals surface area contributed by atoms with E-state index in [0.29, 0.717) is 17.6 Å². The van der Waals surface area contributed by atoms with Crippen LogP contribution in [0.2, 0.25) is 0 Å². The molecule has 1 fully saturated rings. The Hall–Kier alpha value is -2.12. The Balaban J connectivity index is 1.58. The van der Waals surface area contributed by atoms with Crippen LogP contribution in [-0.4, -0.2) is 40.0 Å². The van der Waals surface area contributed by atoms with E-state index >= 15 is 0 Å². The highest BCUT2D eigenvalue weighted by atomic mass is 32.2. The molecule has 2 aromatic carbocycles. The molecule has 1 amide bonds. The van der Waals surface area contributed by atoms with Crippen LogP contribution in [0.4, 0.5) is 5.69 Å². The first kappa shape index (κ1) is 15.4. The van der Waals surface area contributed by atoms with Crippen molar-refractivity contribution in [2.24, 2.45) is 0 Å². The van der Waals surface area contributed by atoms with Gasteiger partial charge in [0.25, 0.3) is 10.0 Å². The third-order valence-corrected chi connectivity index (χ3v) is 6.48. The fourth-order valence-corrected chi connectivity index (χ4v) is 5.15. The van der Waals surface area contributed by atoms with E-state index < -0.39 is 10.0 Å². The lowest BCUT2D eigenvalue weighted by atomic mass is 10.1. The molecule has 24 heavy (non-hydrogen) atoms. The molecule has 2 aliphatic rings. The molecule has 0 aliphatic carbocycles. The Morgan fingerprint density at radius 1 is 1.25 bits per heavy atom. The number of hydrogen-bond donors (Lipinski definition) is 2. The van der Waals surface area contributed by atoms with Gasteiger partial charge in [0.05, 0.1) is 10.6 Å². The lowest BCUT2D eigenvalue weighted by Gasteiger charge is -2.19. The summed E-state index contributed by atoms with van der Waals surface area (Å²) >= 11 is 0. The molecular weight excluding hydrogens is 326 g/mol. The fraction of sp³-hybridized carbons (Fsp3) is 0.353. The van der Waals surface area contributed by atoms with Gasteiger partial charge in [-0.05, 0) is 36.9 Å². The second kappa shape index (κ2) is 5.75. The molecule has 0 aromatic heterocycles. The summed E-state index contributed by atoms with van der Waals surface area (Å²) in [5.41, 5.74) is 0.581. The monoisotopic (exact) mass is 345 g/mol. The number of benzene rings is 2. The molecule has 1 unspecified atom stereocenters. The number of carbonyl (C=O) groups excluding carboxylic acids is 1. The Morgan fingerprint density at radius 3 is 2.79 bits per heavy atom. The van der Waals surface area contributed by atoms with Gasteiger partial charge in [0.2, 0.25) is 5.91 Å². The van der Waals surface area contributed by atoms with Crippen molar-refractivity contribution in [2.75, 3.05) is 23.9 Å². The summed E-state index contributed by atoms with van der Waals surface area (Å²) in [6, 6.07) is 10.9. The van der Waals surface area contributed by atoms with Crippen molar-refractivity contribution in [1.29, 1.82) is 0 Å². The quantitative estimate of drug-likeness (QED) is 0.873. The van der Waals surface area contributed by atoms with Crippen molar-refractivity contribution in [3.8, 4) is 0 Å². The van der Waals surface area contributed by atoms with Crippen molar-refractivity contribution in [2.45, 2.75) is 23.8 Å². The zero-order chi connectivity index (χ0) is 16.7. The summed E-state index contributed by atoms with van der Waals surface area (Å²) in [6.07, 6.45) is 2.14. The van der Waals surface area contributed by atoms with Crippen molar-refractivity contribution in [3.63, 3.8) is 0 Å². The summed E-state index contributed by atoms with van der Waals surface area (Å²) < 4.78 is 26.8. The van der Waals surface area contributed by atoms with Crippen LogP contribution in [0.1, 0.15) is 12.8 Å². The summed E-state index contributed by atoms with van der Waals surface area (Å²) in [5.74, 6) is -0.280. The van der Waals surface area contributed by atoms with Gasteiger partial charge in [0.1, 0.15) is 6.54 Å². The van der Waals surface area contributed by atoms with Crippen molar-refractivity contribution < 1.29 is 13.2 Å². The molecule has 6 nitrogen and oxygen atoms in total. The van der Waals surface area contributed by atoms with Crippen molar-refractivity contribution in [1.82, 2.24) is 10.6 Å². The highest BCUT2D eigenvalue weighted by Crippen LogP contribution is 2.41. The Bertz CT molecular complexity index is 899. The highest BCUT2D eigenvalue weighted by molar-refractivity contribution is 7.93. The number of rotatable bonds is 4. The summed E-state index contributed by atoms with van der Waals surface area (Å²) in [4.78, 5) is 12.5. The molecule has 126 valence electrons. The first-order chi connectivity index (χ1) is 11.6. The Morgan fingerprint density at radius 2 is 2.04 bits per heavy atom. The van der Waals surface area contributed by atoms with Crippen LogP contribution >= 0.6 is 0 Å². The van der Waals surface area contributed by atoms with Crippen LogP contribution in [0.15, 0.2) is 41.3 Å². The molecule has 1 saturated heterocycles. The molecule has 0 saturated carbocycles. The normalized spacial score (nSPS) is 21.3. The van der Waals surface area contributed by atoms with Gasteiger partial charge in [0.15, 0.2) is 0 Å². The van der Waals surface area contributed by atoms with Crippen LogP contribution in [0.3, 0.4) is 0 Å². The second-order valence-electron chi connectivity index (χ2n) is 6.24. The van der Waals surface area contributed by atoms with Crippen LogP contribution in [0.25, 0.3) is 10.8 Å². The van der Waals surface area contributed by atoms with Gasteiger partial charge in [-0.15, -0.1) is 0 Å². The van der Waals surface area contributed by atoms with E-state index in [1.54, 1.807) is 18.2 Å². The van der Waals surface area contributed by atoms with E-state index in [-0.39, 0.29) is 23.4 Å². The van der Waals surface area contributed by atoms with Crippen LogP contribution in [0, 0.1) is 0 Å². The van der Waals surface area contributed by atoms with Gasteiger partial charge in [-0.2, -0.15) is 0 Å². The number of anilines is 1. The number of nitrogens with one attached hydrogen (secondary N) is 2. The maximum Gasteiger partial charge on any atom is 0.265 e. The average Bonchev–Trinajstić information content (AvgIpc) is 3.16. The minimum atomic E-state index is -3.67. The fourth-order valence-electron chi connectivity index (χ4n) is 3.48. The van der Waals surface area contributed by atoms with E-state index in [0.717, 1.165) is 24.8 Å². The largest absolute Gasteiger partial charge is 0.353 e. The van der Waals surface area contributed by atoms with Crippen LogP contribution in [-0.2, 0) is 14.8 Å². The molecule has 2 aromatic rings. The van der Waals surface area contributed by atoms with Crippen LogP contribution < -0.4 is 14.9 Å².